The fourth-order valence-electron chi connectivity index (χ4n) is 3.47. The quantitative estimate of drug-likeness (QED) is 0.520. The second-order valence-electron chi connectivity index (χ2n) is 6.75. The molecular weight excluding hydrogens is 374 g/mol. The van der Waals surface area contributed by atoms with Crippen molar-refractivity contribution in [3.63, 3.8) is 0 Å². The number of rotatable bonds is 4. The summed E-state index contributed by atoms with van der Waals surface area (Å²) in [5, 5.41) is 20.9. The minimum atomic E-state index is 0.0350. The summed E-state index contributed by atoms with van der Waals surface area (Å²) in [6.07, 6.45) is 0. The van der Waals surface area contributed by atoms with Crippen molar-refractivity contribution in [2.75, 3.05) is 37.6 Å². The van der Waals surface area contributed by atoms with Crippen molar-refractivity contribution in [3.05, 3.63) is 65.1 Å². The first-order valence-corrected chi connectivity index (χ1v) is 9.52. The molecule has 2 heterocycles. The van der Waals surface area contributed by atoms with E-state index in [9.17, 15) is 10.4 Å². The summed E-state index contributed by atoms with van der Waals surface area (Å²) < 4.78 is 0. The normalized spacial score (nSPS) is 16.1. The van der Waals surface area contributed by atoms with E-state index >= 15 is 0 Å². The van der Waals surface area contributed by atoms with Gasteiger partial charge in [0.25, 0.3) is 0 Å². The molecule has 28 heavy (non-hydrogen) atoms. The molecule has 2 N–H and O–H groups in total. The van der Waals surface area contributed by atoms with Crippen molar-refractivity contribution in [2.24, 2.45) is 0 Å². The van der Waals surface area contributed by atoms with Crippen LogP contribution in [0, 0.1) is 11.3 Å². The van der Waals surface area contributed by atoms with Gasteiger partial charge in [-0.1, -0.05) is 35.9 Å². The van der Waals surface area contributed by atoms with Crippen LogP contribution in [0.15, 0.2) is 54.3 Å². The number of hydrogen-bond donors (Lipinski definition) is 2. The van der Waals surface area contributed by atoms with Crippen LogP contribution in [0.5, 0.6) is 0 Å². The Morgan fingerprint density at radius 3 is 2.54 bits per heavy atom. The van der Waals surface area contributed by atoms with Gasteiger partial charge in [-0.2, -0.15) is 5.26 Å². The lowest BCUT2D eigenvalue weighted by Crippen LogP contribution is -2.47. The van der Waals surface area contributed by atoms with Crippen LogP contribution in [-0.4, -0.2) is 52.7 Å². The van der Waals surface area contributed by atoms with Gasteiger partial charge >= 0.3 is 0 Å². The molecular formula is C21H20ClN5O. The molecule has 0 radical (unpaired) electrons. The number of piperazine rings is 1. The van der Waals surface area contributed by atoms with E-state index in [0.29, 0.717) is 12.4 Å². The summed E-state index contributed by atoms with van der Waals surface area (Å²) in [5.41, 5.74) is 2.83. The van der Waals surface area contributed by atoms with Gasteiger partial charge in [-0.25, -0.2) is 4.98 Å². The molecule has 1 aliphatic rings. The molecule has 142 valence electrons. The number of aromatic nitrogens is 2. The number of H-pyrrole nitrogens is 1. The molecule has 0 aliphatic carbocycles. The fourth-order valence-corrected chi connectivity index (χ4v) is 3.73. The molecule has 0 atom stereocenters. The number of allylic oxidation sites excluding steroid dienone is 1. The van der Waals surface area contributed by atoms with Gasteiger partial charge in [-0.15, -0.1) is 0 Å². The van der Waals surface area contributed by atoms with Gasteiger partial charge in [-0.05, 0) is 24.3 Å². The first-order chi connectivity index (χ1) is 13.7. The number of imidazole rings is 1. The molecule has 6 nitrogen and oxygen atoms in total. The van der Waals surface area contributed by atoms with Crippen LogP contribution in [0.2, 0.25) is 5.02 Å². The number of nitriles is 1. The van der Waals surface area contributed by atoms with Crippen molar-refractivity contribution in [2.45, 2.75) is 0 Å². The molecule has 0 unspecified atom stereocenters. The smallest absolute Gasteiger partial charge is 0.152 e. The number of nitrogens with zero attached hydrogens (tertiary/aromatic N) is 4. The second-order valence-corrected chi connectivity index (χ2v) is 7.16. The molecule has 1 aliphatic heterocycles. The Morgan fingerprint density at radius 2 is 1.82 bits per heavy atom. The molecule has 0 saturated carbocycles. The number of aliphatic hydroxyl groups is 1. The minimum absolute atomic E-state index is 0.0350. The minimum Gasteiger partial charge on any atom is -0.509 e. The molecule has 1 saturated heterocycles. The molecule has 1 fully saturated rings. The summed E-state index contributed by atoms with van der Waals surface area (Å²) >= 11 is 6.29. The standard InChI is InChI=1S/C21H20ClN5O/c22-16-5-1-4-8-19(16)27-11-9-26(10-12-27)14-20(28)15(13-23)21-24-17-6-2-3-7-18(17)25-21/h1-8,28H,9-12,14H2,(H,24,25). The molecule has 2 aromatic carbocycles. The Balaban J connectivity index is 1.46. The van der Waals surface area contributed by atoms with Crippen LogP contribution in [0.3, 0.4) is 0 Å². The number of nitrogens with one attached hydrogen (secondary N) is 1. The fraction of sp³-hybridized carbons (Fsp3) is 0.238. The van der Waals surface area contributed by atoms with Crippen LogP contribution < -0.4 is 4.90 Å². The molecule has 4 rings (SSSR count). The van der Waals surface area contributed by atoms with Crippen molar-refractivity contribution in [1.82, 2.24) is 14.9 Å². The highest BCUT2D eigenvalue weighted by molar-refractivity contribution is 6.33. The first-order valence-electron chi connectivity index (χ1n) is 9.15. The summed E-state index contributed by atoms with van der Waals surface area (Å²) in [7, 11) is 0. The van der Waals surface area contributed by atoms with E-state index in [1.165, 1.54) is 0 Å². The Kier molecular flexibility index (Phi) is 5.20. The number of aromatic amines is 1. The van der Waals surface area contributed by atoms with E-state index in [4.69, 9.17) is 11.6 Å². The summed E-state index contributed by atoms with van der Waals surface area (Å²) in [5.74, 6) is 0.434. The molecule has 0 spiro atoms. The predicted molar refractivity (Wildman–Crippen MR) is 111 cm³/mol. The van der Waals surface area contributed by atoms with Gasteiger partial charge in [-0.3, -0.25) is 4.90 Å². The third kappa shape index (κ3) is 3.68. The second kappa shape index (κ2) is 7.93. The number of hydrogen-bond acceptors (Lipinski definition) is 5. The van der Waals surface area contributed by atoms with Gasteiger partial charge in [0.15, 0.2) is 5.82 Å². The number of benzene rings is 2. The summed E-state index contributed by atoms with van der Waals surface area (Å²) in [6, 6.07) is 17.5. The number of para-hydroxylation sites is 3. The van der Waals surface area contributed by atoms with Crippen LogP contribution >= 0.6 is 11.6 Å². The van der Waals surface area contributed by atoms with Crippen LogP contribution in [0.25, 0.3) is 16.6 Å². The lowest BCUT2D eigenvalue weighted by atomic mass is 10.2. The zero-order chi connectivity index (χ0) is 19.5. The lowest BCUT2D eigenvalue weighted by Gasteiger charge is -2.36. The van der Waals surface area contributed by atoms with Crippen molar-refractivity contribution in [1.29, 1.82) is 5.26 Å². The van der Waals surface area contributed by atoms with Gasteiger partial charge in [0.2, 0.25) is 0 Å². The van der Waals surface area contributed by atoms with Crippen molar-refractivity contribution >= 4 is 33.9 Å². The molecule has 0 amide bonds. The molecule has 0 bridgehead atoms. The van der Waals surface area contributed by atoms with E-state index in [0.717, 1.165) is 47.9 Å². The van der Waals surface area contributed by atoms with Crippen molar-refractivity contribution < 1.29 is 5.11 Å². The molecule has 1 aromatic heterocycles. The third-order valence-electron chi connectivity index (χ3n) is 4.97. The van der Waals surface area contributed by atoms with E-state index in [2.05, 4.69) is 25.8 Å². The molecule has 7 heteroatoms. The van der Waals surface area contributed by atoms with Crippen LogP contribution in [0.1, 0.15) is 5.82 Å². The zero-order valence-electron chi connectivity index (χ0n) is 15.3. The van der Waals surface area contributed by atoms with Gasteiger partial charge in [0.05, 0.1) is 28.3 Å². The number of fused-ring (bicyclic) bond motifs is 1. The van der Waals surface area contributed by atoms with Crippen LogP contribution in [0.4, 0.5) is 5.69 Å². The van der Waals surface area contributed by atoms with E-state index in [1.807, 2.05) is 48.5 Å². The third-order valence-corrected chi connectivity index (χ3v) is 5.28. The monoisotopic (exact) mass is 393 g/mol. The highest BCUT2D eigenvalue weighted by Gasteiger charge is 2.21. The Morgan fingerprint density at radius 1 is 1.11 bits per heavy atom. The SMILES string of the molecule is N#CC(=C(O)CN1CCN(c2ccccc2Cl)CC1)c1nc2ccccc2[nH]1. The van der Waals surface area contributed by atoms with Gasteiger partial charge < -0.3 is 15.0 Å². The van der Waals surface area contributed by atoms with E-state index in [-0.39, 0.29) is 11.3 Å². The maximum atomic E-state index is 10.6. The number of anilines is 1. The summed E-state index contributed by atoms with van der Waals surface area (Å²) in [6.45, 7) is 3.48. The first kappa shape index (κ1) is 18.4. The highest BCUT2D eigenvalue weighted by atomic mass is 35.5. The highest BCUT2D eigenvalue weighted by Crippen LogP contribution is 2.26. The average Bonchev–Trinajstić information content (AvgIpc) is 3.13. The maximum Gasteiger partial charge on any atom is 0.152 e. The number of aliphatic hydroxyl groups excluding tert-OH is 1. The van der Waals surface area contributed by atoms with Gasteiger partial charge in [0.1, 0.15) is 17.4 Å². The average molecular weight is 394 g/mol. The Hall–Kier alpha value is -3.01. The molecule has 3 aromatic rings. The van der Waals surface area contributed by atoms with Crippen LogP contribution in [-0.2, 0) is 0 Å². The number of halogens is 1. The van der Waals surface area contributed by atoms with Gasteiger partial charge in [0, 0.05) is 26.2 Å². The van der Waals surface area contributed by atoms with E-state index < -0.39 is 0 Å². The largest absolute Gasteiger partial charge is 0.509 e. The topological polar surface area (TPSA) is 79.2 Å². The summed E-state index contributed by atoms with van der Waals surface area (Å²) in [4.78, 5) is 11.9. The Labute approximate surface area is 168 Å². The Bertz CT molecular complexity index is 1030. The lowest BCUT2D eigenvalue weighted by molar-refractivity contribution is 0.239. The van der Waals surface area contributed by atoms with E-state index in [1.54, 1.807) is 0 Å². The predicted octanol–water partition coefficient (Wildman–Crippen LogP) is 3.83. The van der Waals surface area contributed by atoms with Crippen molar-refractivity contribution in [3.8, 4) is 6.07 Å². The zero-order valence-corrected chi connectivity index (χ0v) is 16.0. The maximum absolute atomic E-state index is 10.6.